The fourth-order valence-electron chi connectivity index (χ4n) is 1.98. The summed E-state index contributed by atoms with van der Waals surface area (Å²) in [6, 6.07) is 5.73. The first-order chi connectivity index (χ1) is 8.31. The maximum Gasteiger partial charge on any atom is 0.124 e. The van der Waals surface area contributed by atoms with Gasteiger partial charge in [0.05, 0.1) is 13.2 Å². The van der Waals surface area contributed by atoms with E-state index in [2.05, 4.69) is 0 Å². The number of hydrogen-bond acceptors (Lipinski definition) is 3. The van der Waals surface area contributed by atoms with Gasteiger partial charge in [0.15, 0.2) is 0 Å². The van der Waals surface area contributed by atoms with Crippen LogP contribution in [0.2, 0.25) is 5.02 Å². The van der Waals surface area contributed by atoms with Gasteiger partial charge in [0.25, 0.3) is 0 Å². The van der Waals surface area contributed by atoms with Gasteiger partial charge < -0.3 is 15.2 Å². The second kappa shape index (κ2) is 6.24. The summed E-state index contributed by atoms with van der Waals surface area (Å²) in [5, 5.41) is 0.732. The average Bonchev–Trinajstić information content (AvgIpc) is 2.83. The Labute approximate surface area is 107 Å². The molecule has 0 radical (unpaired) electrons. The van der Waals surface area contributed by atoms with Crippen LogP contribution in [0.25, 0.3) is 0 Å². The predicted octanol–water partition coefficient (Wildman–Crippen LogP) is 2.26. The lowest BCUT2D eigenvalue weighted by Gasteiger charge is -2.14. The lowest BCUT2D eigenvalue weighted by Crippen LogP contribution is -2.13. The van der Waals surface area contributed by atoms with Crippen molar-refractivity contribution in [2.75, 3.05) is 26.4 Å². The molecule has 1 aliphatic rings. The zero-order valence-electron chi connectivity index (χ0n) is 9.82. The molecule has 1 aromatic carbocycles. The third-order valence-electron chi connectivity index (χ3n) is 2.97. The quantitative estimate of drug-likeness (QED) is 0.878. The average molecular weight is 256 g/mol. The van der Waals surface area contributed by atoms with Crippen LogP contribution in [0.3, 0.4) is 0 Å². The van der Waals surface area contributed by atoms with Crippen molar-refractivity contribution in [2.24, 2.45) is 11.7 Å². The van der Waals surface area contributed by atoms with Crippen LogP contribution in [0.1, 0.15) is 12.0 Å². The third kappa shape index (κ3) is 3.35. The topological polar surface area (TPSA) is 44.5 Å². The van der Waals surface area contributed by atoms with Gasteiger partial charge in [-0.05, 0) is 31.5 Å². The largest absolute Gasteiger partial charge is 0.493 e. The lowest BCUT2D eigenvalue weighted by atomic mass is 10.1. The molecule has 4 heteroatoms. The van der Waals surface area contributed by atoms with E-state index in [4.69, 9.17) is 26.8 Å². The number of halogens is 1. The summed E-state index contributed by atoms with van der Waals surface area (Å²) >= 11 is 6.14. The molecule has 2 rings (SSSR count). The second-order valence-corrected chi connectivity index (χ2v) is 4.70. The van der Waals surface area contributed by atoms with E-state index in [1.807, 2.05) is 18.2 Å². The van der Waals surface area contributed by atoms with Crippen molar-refractivity contribution >= 4 is 11.6 Å². The van der Waals surface area contributed by atoms with Crippen LogP contribution in [0.15, 0.2) is 18.2 Å². The molecule has 0 spiro atoms. The van der Waals surface area contributed by atoms with Crippen LogP contribution >= 0.6 is 11.6 Å². The Balaban J connectivity index is 2.00. The van der Waals surface area contributed by atoms with Gasteiger partial charge in [-0.25, -0.2) is 0 Å². The molecule has 94 valence electrons. The number of nitrogens with two attached hydrogens (primary N) is 1. The number of rotatable bonds is 5. The Hall–Kier alpha value is -0.770. The Morgan fingerprint density at radius 1 is 1.47 bits per heavy atom. The molecule has 0 bridgehead atoms. The first-order valence-electron chi connectivity index (χ1n) is 5.99. The molecule has 1 aliphatic heterocycles. The fourth-order valence-corrected chi connectivity index (χ4v) is 2.24. The van der Waals surface area contributed by atoms with Crippen molar-refractivity contribution in [3.05, 3.63) is 28.8 Å². The Bertz CT molecular complexity index is 364. The van der Waals surface area contributed by atoms with Gasteiger partial charge in [0.1, 0.15) is 5.75 Å². The lowest BCUT2D eigenvalue weighted by molar-refractivity contribution is 0.167. The summed E-state index contributed by atoms with van der Waals surface area (Å²) in [7, 11) is 0. The molecule has 0 saturated carbocycles. The Kier molecular flexibility index (Phi) is 4.66. The van der Waals surface area contributed by atoms with E-state index in [1.54, 1.807) is 0 Å². The van der Waals surface area contributed by atoms with Crippen molar-refractivity contribution in [1.29, 1.82) is 0 Å². The van der Waals surface area contributed by atoms with Gasteiger partial charge in [-0.1, -0.05) is 17.7 Å². The number of benzene rings is 1. The van der Waals surface area contributed by atoms with Crippen LogP contribution in [-0.2, 0) is 11.2 Å². The van der Waals surface area contributed by atoms with E-state index in [0.717, 1.165) is 42.4 Å². The van der Waals surface area contributed by atoms with Gasteiger partial charge in [-0.15, -0.1) is 0 Å². The Morgan fingerprint density at radius 2 is 2.35 bits per heavy atom. The monoisotopic (exact) mass is 255 g/mol. The second-order valence-electron chi connectivity index (χ2n) is 4.30. The molecule has 0 aliphatic carbocycles. The highest BCUT2D eigenvalue weighted by atomic mass is 35.5. The maximum absolute atomic E-state index is 6.14. The van der Waals surface area contributed by atoms with Crippen LogP contribution in [-0.4, -0.2) is 26.4 Å². The van der Waals surface area contributed by atoms with Crippen molar-refractivity contribution in [1.82, 2.24) is 0 Å². The van der Waals surface area contributed by atoms with E-state index in [0.29, 0.717) is 19.1 Å². The number of ether oxygens (including phenoxy) is 2. The summed E-state index contributed by atoms with van der Waals surface area (Å²) in [5.41, 5.74) is 6.59. The zero-order chi connectivity index (χ0) is 12.1. The van der Waals surface area contributed by atoms with E-state index in [1.165, 1.54) is 0 Å². The molecule has 17 heavy (non-hydrogen) atoms. The molecular formula is C13H18ClNO2. The molecule has 0 amide bonds. The molecule has 1 unspecified atom stereocenters. The first kappa shape index (κ1) is 12.7. The zero-order valence-corrected chi connectivity index (χ0v) is 10.6. The molecule has 1 saturated heterocycles. The van der Waals surface area contributed by atoms with Crippen LogP contribution in [0.4, 0.5) is 0 Å². The van der Waals surface area contributed by atoms with E-state index in [-0.39, 0.29) is 0 Å². The van der Waals surface area contributed by atoms with Crippen LogP contribution < -0.4 is 10.5 Å². The summed E-state index contributed by atoms with van der Waals surface area (Å²) in [6.45, 7) is 2.91. The highest BCUT2D eigenvalue weighted by Gasteiger charge is 2.17. The van der Waals surface area contributed by atoms with E-state index < -0.39 is 0 Å². The third-order valence-corrected chi connectivity index (χ3v) is 3.32. The fraction of sp³-hybridized carbons (Fsp3) is 0.538. The van der Waals surface area contributed by atoms with Crippen molar-refractivity contribution in [3.8, 4) is 5.75 Å². The number of hydrogen-bond donors (Lipinski definition) is 1. The van der Waals surface area contributed by atoms with E-state index in [9.17, 15) is 0 Å². The summed E-state index contributed by atoms with van der Waals surface area (Å²) < 4.78 is 11.2. The highest BCUT2D eigenvalue weighted by molar-refractivity contribution is 6.31. The standard InChI is InChI=1S/C13H18ClNO2/c14-12-2-1-3-13(11(12)4-6-15)17-9-10-5-7-16-8-10/h1-3,10H,4-9,15H2. The van der Waals surface area contributed by atoms with Gasteiger partial charge in [0, 0.05) is 23.1 Å². The highest BCUT2D eigenvalue weighted by Crippen LogP contribution is 2.27. The minimum atomic E-state index is 0.500. The van der Waals surface area contributed by atoms with Gasteiger partial charge in [-0.3, -0.25) is 0 Å². The molecule has 1 aromatic rings. The first-order valence-corrected chi connectivity index (χ1v) is 6.37. The maximum atomic E-state index is 6.14. The van der Waals surface area contributed by atoms with Gasteiger partial charge in [-0.2, -0.15) is 0 Å². The van der Waals surface area contributed by atoms with Crippen molar-refractivity contribution in [3.63, 3.8) is 0 Å². The summed E-state index contributed by atoms with van der Waals surface area (Å²) in [6.07, 6.45) is 1.82. The smallest absolute Gasteiger partial charge is 0.124 e. The van der Waals surface area contributed by atoms with Crippen LogP contribution in [0, 0.1) is 5.92 Å². The molecule has 1 heterocycles. The summed E-state index contributed by atoms with van der Waals surface area (Å²) in [5.74, 6) is 1.36. The minimum Gasteiger partial charge on any atom is -0.493 e. The molecular weight excluding hydrogens is 238 g/mol. The minimum absolute atomic E-state index is 0.500. The molecule has 0 aromatic heterocycles. The molecule has 3 nitrogen and oxygen atoms in total. The molecule has 1 fully saturated rings. The molecule has 1 atom stereocenters. The summed E-state index contributed by atoms with van der Waals surface area (Å²) in [4.78, 5) is 0. The SMILES string of the molecule is NCCc1c(Cl)cccc1OCC1CCOC1. The van der Waals surface area contributed by atoms with Gasteiger partial charge >= 0.3 is 0 Å². The van der Waals surface area contributed by atoms with Crippen molar-refractivity contribution < 1.29 is 9.47 Å². The predicted molar refractivity (Wildman–Crippen MR) is 68.6 cm³/mol. The molecule has 2 N–H and O–H groups in total. The van der Waals surface area contributed by atoms with Crippen molar-refractivity contribution in [2.45, 2.75) is 12.8 Å². The van der Waals surface area contributed by atoms with Crippen LogP contribution in [0.5, 0.6) is 5.75 Å². The Morgan fingerprint density at radius 3 is 3.06 bits per heavy atom. The normalized spacial score (nSPS) is 19.5. The van der Waals surface area contributed by atoms with Gasteiger partial charge in [0.2, 0.25) is 0 Å². The van der Waals surface area contributed by atoms with E-state index >= 15 is 0 Å².